The van der Waals surface area contributed by atoms with Crippen molar-refractivity contribution in [2.24, 2.45) is 0 Å². The van der Waals surface area contributed by atoms with E-state index >= 15 is 0 Å². The summed E-state index contributed by atoms with van der Waals surface area (Å²) in [6.07, 6.45) is 3.18. The van der Waals surface area contributed by atoms with Gasteiger partial charge in [-0.05, 0) is 24.3 Å². The molecule has 4 aromatic rings. The van der Waals surface area contributed by atoms with Gasteiger partial charge in [-0.3, -0.25) is 4.21 Å². The van der Waals surface area contributed by atoms with Crippen LogP contribution in [0.3, 0.4) is 0 Å². The van der Waals surface area contributed by atoms with Crippen molar-refractivity contribution in [3.63, 3.8) is 0 Å². The second kappa shape index (κ2) is 7.16. The fourth-order valence-electron chi connectivity index (χ4n) is 2.35. The van der Waals surface area contributed by atoms with Crippen molar-refractivity contribution in [2.75, 3.05) is 0 Å². The molecular formula is C18H14N2O3S2. The van der Waals surface area contributed by atoms with Crippen molar-refractivity contribution in [1.29, 1.82) is 0 Å². The van der Waals surface area contributed by atoms with Crippen LogP contribution in [0.2, 0.25) is 0 Å². The molecule has 0 aliphatic carbocycles. The maximum Gasteiger partial charge on any atom is 0.226 e. The molecule has 0 bridgehead atoms. The fraction of sp³-hybridized carbons (Fsp3) is 0.111. The van der Waals surface area contributed by atoms with Crippen LogP contribution in [-0.2, 0) is 22.3 Å². The van der Waals surface area contributed by atoms with Gasteiger partial charge in [-0.1, -0.05) is 18.2 Å². The second-order valence-electron chi connectivity index (χ2n) is 5.36. The van der Waals surface area contributed by atoms with Gasteiger partial charge in [0.05, 0.1) is 29.2 Å². The molecule has 0 spiro atoms. The Morgan fingerprint density at radius 1 is 0.960 bits per heavy atom. The van der Waals surface area contributed by atoms with Crippen LogP contribution in [0.1, 0.15) is 11.4 Å². The molecule has 1 aromatic carbocycles. The van der Waals surface area contributed by atoms with Crippen molar-refractivity contribution >= 4 is 22.1 Å². The van der Waals surface area contributed by atoms with Crippen molar-refractivity contribution < 1.29 is 13.0 Å². The summed E-state index contributed by atoms with van der Waals surface area (Å²) >= 11 is 1.48. The van der Waals surface area contributed by atoms with Gasteiger partial charge in [-0.25, -0.2) is 9.97 Å². The molecular weight excluding hydrogens is 356 g/mol. The summed E-state index contributed by atoms with van der Waals surface area (Å²) in [5.74, 6) is 1.99. The largest absolute Gasteiger partial charge is 0.462 e. The highest BCUT2D eigenvalue weighted by molar-refractivity contribution is 7.83. The van der Waals surface area contributed by atoms with Gasteiger partial charge < -0.3 is 8.83 Å². The van der Waals surface area contributed by atoms with Crippen LogP contribution < -0.4 is 0 Å². The fourth-order valence-corrected chi connectivity index (χ4v) is 4.29. The molecule has 126 valence electrons. The van der Waals surface area contributed by atoms with Gasteiger partial charge in [0.1, 0.15) is 6.26 Å². The summed E-state index contributed by atoms with van der Waals surface area (Å²) in [7, 11) is -1.11. The predicted molar refractivity (Wildman–Crippen MR) is 97.3 cm³/mol. The summed E-state index contributed by atoms with van der Waals surface area (Å²) in [4.78, 5) is 8.89. The van der Waals surface area contributed by atoms with Gasteiger partial charge in [0.15, 0.2) is 10.8 Å². The number of hydrogen-bond donors (Lipinski definition) is 0. The number of benzene rings is 1. The van der Waals surface area contributed by atoms with E-state index in [2.05, 4.69) is 9.97 Å². The predicted octanol–water partition coefficient (Wildman–Crippen LogP) is 4.51. The van der Waals surface area contributed by atoms with E-state index in [1.807, 2.05) is 47.8 Å². The number of oxazole rings is 1. The van der Waals surface area contributed by atoms with Crippen molar-refractivity contribution in [3.8, 4) is 22.2 Å². The first-order chi connectivity index (χ1) is 12.3. The lowest BCUT2D eigenvalue weighted by atomic mass is 10.2. The van der Waals surface area contributed by atoms with Crippen LogP contribution in [0.15, 0.2) is 69.2 Å². The van der Waals surface area contributed by atoms with Crippen LogP contribution in [0.25, 0.3) is 22.2 Å². The van der Waals surface area contributed by atoms with E-state index in [0.717, 1.165) is 22.0 Å². The molecule has 0 aliphatic rings. The zero-order chi connectivity index (χ0) is 17.1. The molecule has 4 rings (SSSR count). The zero-order valence-corrected chi connectivity index (χ0v) is 14.8. The first-order valence-electron chi connectivity index (χ1n) is 7.61. The molecule has 0 saturated carbocycles. The smallest absolute Gasteiger partial charge is 0.226 e. The number of furan rings is 1. The van der Waals surface area contributed by atoms with Crippen molar-refractivity contribution in [1.82, 2.24) is 9.97 Å². The Bertz CT molecular complexity index is 975. The quantitative estimate of drug-likeness (QED) is 0.499. The third-order valence-corrected chi connectivity index (χ3v) is 5.62. The molecule has 0 radical (unpaired) electrons. The molecule has 3 heterocycles. The number of rotatable bonds is 6. The molecule has 3 aromatic heterocycles. The molecule has 0 unspecified atom stereocenters. The Morgan fingerprint density at radius 3 is 2.60 bits per heavy atom. The standard InChI is InChI=1S/C18H14N2O3S2/c21-25(12-15-10-24-18(20-15)16-7-4-8-22-16)11-14-9-23-17(19-14)13-5-2-1-3-6-13/h1-10H,11-12H2/t25-/m0/s1. The Labute approximate surface area is 150 Å². The molecule has 1 atom stereocenters. The molecule has 0 aliphatic heterocycles. The first kappa shape index (κ1) is 16.0. The van der Waals surface area contributed by atoms with Crippen LogP contribution in [0.5, 0.6) is 0 Å². The van der Waals surface area contributed by atoms with E-state index in [1.165, 1.54) is 11.3 Å². The Hall–Kier alpha value is -2.51. The summed E-state index contributed by atoms with van der Waals surface area (Å²) in [5, 5.41) is 2.71. The first-order valence-corrected chi connectivity index (χ1v) is 9.98. The van der Waals surface area contributed by atoms with Gasteiger partial charge in [-0.15, -0.1) is 11.3 Å². The van der Waals surface area contributed by atoms with Crippen molar-refractivity contribution in [2.45, 2.75) is 11.5 Å². The van der Waals surface area contributed by atoms with Crippen LogP contribution in [0, 0.1) is 0 Å². The lowest BCUT2D eigenvalue weighted by molar-refractivity contribution is 0.573. The minimum absolute atomic E-state index is 0.337. The van der Waals surface area contributed by atoms with E-state index < -0.39 is 10.8 Å². The number of nitrogens with zero attached hydrogens (tertiary/aromatic N) is 2. The van der Waals surface area contributed by atoms with Gasteiger partial charge in [0, 0.05) is 21.7 Å². The monoisotopic (exact) mass is 370 g/mol. The maximum atomic E-state index is 12.4. The molecule has 0 N–H and O–H groups in total. The molecule has 25 heavy (non-hydrogen) atoms. The highest BCUT2D eigenvalue weighted by Gasteiger charge is 2.13. The minimum Gasteiger partial charge on any atom is -0.462 e. The van der Waals surface area contributed by atoms with E-state index in [1.54, 1.807) is 12.5 Å². The summed E-state index contributed by atoms with van der Waals surface area (Å²) in [6, 6.07) is 13.3. The highest BCUT2D eigenvalue weighted by Crippen LogP contribution is 2.25. The summed E-state index contributed by atoms with van der Waals surface area (Å²) in [5.41, 5.74) is 2.38. The molecule has 0 fully saturated rings. The average Bonchev–Trinajstić information content (AvgIpc) is 3.37. The van der Waals surface area contributed by atoms with Crippen LogP contribution >= 0.6 is 11.3 Å². The van der Waals surface area contributed by atoms with E-state index in [4.69, 9.17) is 8.83 Å². The van der Waals surface area contributed by atoms with Crippen LogP contribution in [0.4, 0.5) is 0 Å². The lowest BCUT2D eigenvalue weighted by Gasteiger charge is -1.96. The van der Waals surface area contributed by atoms with Gasteiger partial charge in [-0.2, -0.15) is 0 Å². The van der Waals surface area contributed by atoms with E-state index in [0.29, 0.717) is 23.1 Å². The Morgan fingerprint density at radius 2 is 1.80 bits per heavy atom. The van der Waals surface area contributed by atoms with Gasteiger partial charge in [0.25, 0.3) is 0 Å². The highest BCUT2D eigenvalue weighted by atomic mass is 32.2. The average molecular weight is 370 g/mol. The summed E-state index contributed by atoms with van der Waals surface area (Å²) in [6.45, 7) is 0. The second-order valence-corrected chi connectivity index (χ2v) is 7.67. The number of thiazole rings is 1. The lowest BCUT2D eigenvalue weighted by Crippen LogP contribution is -2.00. The topological polar surface area (TPSA) is 69.1 Å². The van der Waals surface area contributed by atoms with Gasteiger partial charge in [0.2, 0.25) is 5.89 Å². The molecule has 7 heteroatoms. The Balaban J connectivity index is 1.40. The van der Waals surface area contributed by atoms with Crippen LogP contribution in [-0.4, -0.2) is 14.2 Å². The van der Waals surface area contributed by atoms with Crippen molar-refractivity contribution in [3.05, 3.63) is 71.8 Å². The molecule has 5 nitrogen and oxygen atoms in total. The molecule has 0 amide bonds. The van der Waals surface area contributed by atoms with E-state index in [-0.39, 0.29) is 0 Å². The maximum absolute atomic E-state index is 12.4. The normalized spacial score (nSPS) is 12.3. The summed E-state index contributed by atoms with van der Waals surface area (Å²) < 4.78 is 23.2. The SMILES string of the molecule is O=[S@@](Cc1coc(-c2ccccc2)n1)Cc1csc(-c2ccco2)n1. The zero-order valence-electron chi connectivity index (χ0n) is 13.1. The number of hydrogen-bond acceptors (Lipinski definition) is 6. The minimum atomic E-state index is -1.11. The number of aromatic nitrogens is 2. The molecule has 0 saturated heterocycles. The van der Waals surface area contributed by atoms with E-state index in [9.17, 15) is 4.21 Å². The third kappa shape index (κ3) is 3.78. The third-order valence-electron chi connectivity index (χ3n) is 3.47. The Kier molecular flexibility index (Phi) is 4.58. The van der Waals surface area contributed by atoms with Gasteiger partial charge >= 0.3 is 0 Å².